The number of halogens is 2. The van der Waals surface area contributed by atoms with Crippen molar-refractivity contribution in [2.45, 2.75) is 6.92 Å². The maximum atomic E-state index is 13.6. The molecular formula is C11H9F2N3. The Kier molecular flexibility index (Phi) is 2.52. The van der Waals surface area contributed by atoms with Gasteiger partial charge in [-0.15, -0.1) is 10.2 Å². The van der Waals surface area contributed by atoms with Gasteiger partial charge in [-0.2, -0.15) is 0 Å². The molecule has 16 heavy (non-hydrogen) atoms. The van der Waals surface area contributed by atoms with Gasteiger partial charge in [0.2, 0.25) is 0 Å². The van der Waals surface area contributed by atoms with Gasteiger partial charge in [-0.1, -0.05) is 6.07 Å². The summed E-state index contributed by atoms with van der Waals surface area (Å²) in [6.07, 6.45) is 0. The van der Waals surface area contributed by atoms with E-state index in [1.165, 1.54) is 31.2 Å². The number of hydrogen-bond donors (Lipinski definition) is 1. The van der Waals surface area contributed by atoms with Crippen molar-refractivity contribution < 1.29 is 8.78 Å². The predicted octanol–water partition coefficient (Wildman–Crippen LogP) is 2.31. The molecule has 5 heteroatoms. The highest BCUT2D eigenvalue weighted by Gasteiger charge is 2.13. The first-order valence-corrected chi connectivity index (χ1v) is 4.64. The number of nitrogens with zero attached hydrogens (tertiary/aromatic N) is 2. The zero-order valence-corrected chi connectivity index (χ0v) is 8.54. The summed E-state index contributed by atoms with van der Waals surface area (Å²) in [5, 5.41) is 7.29. The summed E-state index contributed by atoms with van der Waals surface area (Å²) in [4.78, 5) is 0. The van der Waals surface area contributed by atoms with Crippen LogP contribution in [0, 0.1) is 18.6 Å². The highest BCUT2D eigenvalue weighted by molar-refractivity contribution is 5.60. The molecule has 1 heterocycles. The van der Waals surface area contributed by atoms with Crippen LogP contribution >= 0.6 is 0 Å². The van der Waals surface area contributed by atoms with Crippen molar-refractivity contribution in [1.82, 2.24) is 10.2 Å². The second kappa shape index (κ2) is 3.84. The molecule has 2 aromatic rings. The third-order valence-corrected chi connectivity index (χ3v) is 2.24. The molecule has 0 aliphatic rings. The number of benzene rings is 1. The Morgan fingerprint density at radius 1 is 1.00 bits per heavy atom. The topological polar surface area (TPSA) is 51.8 Å². The summed E-state index contributed by atoms with van der Waals surface area (Å²) in [5.41, 5.74) is 5.94. The first-order valence-electron chi connectivity index (χ1n) is 4.64. The standard InChI is InChI=1S/C11H9F2N3/c1-6-2-3-7(11(13)10(6)12)8-4-5-9(14)16-15-8/h2-5H,1H3,(H2,14,16). The fourth-order valence-electron chi connectivity index (χ4n) is 1.33. The van der Waals surface area contributed by atoms with E-state index in [2.05, 4.69) is 10.2 Å². The summed E-state index contributed by atoms with van der Waals surface area (Å²) in [7, 11) is 0. The second-order valence-electron chi connectivity index (χ2n) is 3.40. The molecule has 3 nitrogen and oxygen atoms in total. The molecule has 2 N–H and O–H groups in total. The molecule has 0 fully saturated rings. The van der Waals surface area contributed by atoms with E-state index in [9.17, 15) is 8.78 Å². The molecule has 0 saturated heterocycles. The van der Waals surface area contributed by atoms with Gasteiger partial charge in [0.1, 0.15) is 5.82 Å². The lowest BCUT2D eigenvalue weighted by Gasteiger charge is -2.04. The average Bonchev–Trinajstić information content (AvgIpc) is 2.28. The molecular weight excluding hydrogens is 212 g/mol. The third-order valence-electron chi connectivity index (χ3n) is 2.24. The molecule has 0 spiro atoms. The molecule has 0 aliphatic heterocycles. The van der Waals surface area contributed by atoms with Crippen LogP contribution in [0.4, 0.5) is 14.6 Å². The zero-order chi connectivity index (χ0) is 11.7. The summed E-state index contributed by atoms with van der Waals surface area (Å²) in [5.74, 6) is -1.55. The molecule has 0 aliphatic carbocycles. The minimum absolute atomic E-state index is 0.0793. The molecule has 1 aromatic carbocycles. The van der Waals surface area contributed by atoms with E-state index in [0.717, 1.165) is 0 Å². The summed E-state index contributed by atoms with van der Waals surface area (Å²) in [6, 6.07) is 5.94. The highest BCUT2D eigenvalue weighted by atomic mass is 19.2. The second-order valence-corrected chi connectivity index (χ2v) is 3.40. The SMILES string of the molecule is Cc1ccc(-c2ccc(N)nn2)c(F)c1F. The van der Waals surface area contributed by atoms with E-state index < -0.39 is 11.6 Å². The Balaban J connectivity index is 2.57. The Labute approximate surface area is 90.9 Å². The lowest BCUT2D eigenvalue weighted by molar-refractivity contribution is 0.505. The van der Waals surface area contributed by atoms with Crippen molar-refractivity contribution in [2.75, 3.05) is 5.73 Å². The van der Waals surface area contributed by atoms with Crippen LogP contribution in [0.15, 0.2) is 24.3 Å². The van der Waals surface area contributed by atoms with E-state index in [1.807, 2.05) is 0 Å². The maximum Gasteiger partial charge on any atom is 0.168 e. The van der Waals surface area contributed by atoms with E-state index >= 15 is 0 Å². The predicted molar refractivity (Wildman–Crippen MR) is 56.5 cm³/mol. The van der Waals surface area contributed by atoms with Crippen LogP contribution in [-0.4, -0.2) is 10.2 Å². The number of aryl methyl sites for hydroxylation is 1. The van der Waals surface area contributed by atoms with Crippen molar-refractivity contribution in [3.63, 3.8) is 0 Å². The molecule has 0 unspecified atom stereocenters. The van der Waals surface area contributed by atoms with E-state index in [4.69, 9.17) is 5.73 Å². The third kappa shape index (κ3) is 1.71. The smallest absolute Gasteiger partial charge is 0.168 e. The van der Waals surface area contributed by atoms with Crippen LogP contribution < -0.4 is 5.73 Å². The van der Waals surface area contributed by atoms with Crippen LogP contribution in [0.1, 0.15) is 5.56 Å². The van der Waals surface area contributed by atoms with Crippen LogP contribution in [0.25, 0.3) is 11.3 Å². The molecule has 2 rings (SSSR count). The van der Waals surface area contributed by atoms with Gasteiger partial charge in [-0.25, -0.2) is 8.78 Å². The lowest BCUT2D eigenvalue weighted by Crippen LogP contribution is -1.97. The van der Waals surface area contributed by atoms with Gasteiger partial charge >= 0.3 is 0 Å². The van der Waals surface area contributed by atoms with Crippen molar-refractivity contribution in [2.24, 2.45) is 0 Å². The fraction of sp³-hybridized carbons (Fsp3) is 0.0909. The van der Waals surface area contributed by atoms with Gasteiger partial charge in [0.25, 0.3) is 0 Å². The van der Waals surface area contributed by atoms with E-state index in [1.54, 1.807) is 0 Å². The monoisotopic (exact) mass is 221 g/mol. The van der Waals surface area contributed by atoms with Gasteiger partial charge in [0.15, 0.2) is 11.6 Å². The van der Waals surface area contributed by atoms with Crippen LogP contribution in [0.5, 0.6) is 0 Å². The minimum atomic E-state index is -0.918. The Hall–Kier alpha value is -2.04. The average molecular weight is 221 g/mol. The van der Waals surface area contributed by atoms with Gasteiger partial charge in [-0.3, -0.25) is 0 Å². The minimum Gasteiger partial charge on any atom is -0.382 e. The lowest BCUT2D eigenvalue weighted by atomic mass is 10.1. The van der Waals surface area contributed by atoms with Gasteiger partial charge in [0, 0.05) is 5.56 Å². The van der Waals surface area contributed by atoms with Crippen LogP contribution in [-0.2, 0) is 0 Å². The van der Waals surface area contributed by atoms with Crippen molar-refractivity contribution in [3.8, 4) is 11.3 Å². The maximum absolute atomic E-state index is 13.6. The van der Waals surface area contributed by atoms with Crippen LogP contribution in [0.2, 0.25) is 0 Å². The van der Waals surface area contributed by atoms with Crippen molar-refractivity contribution in [3.05, 3.63) is 41.5 Å². The van der Waals surface area contributed by atoms with Gasteiger partial charge in [-0.05, 0) is 30.7 Å². The Morgan fingerprint density at radius 3 is 2.38 bits per heavy atom. The Morgan fingerprint density at radius 2 is 1.75 bits per heavy atom. The summed E-state index contributed by atoms with van der Waals surface area (Å²) in [6.45, 7) is 1.50. The Bertz CT molecular complexity index is 523. The first-order chi connectivity index (χ1) is 7.59. The molecule has 0 saturated carbocycles. The quantitative estimate of drug-likeness (QED) is 0.803. The molecule has 0 radical (unpaired) electrons. The van der Waals surface area contributed by atoms with Gasteiger partial charge in [0.05, 0.1) is 5.69 Å². The van der Waals surface area contributed by atoms with Crippen LogP contribution in [0.3, 0.4) is 0 Å². The van der Waals surface area contributed by atoms with E-state index in [0.29, 0.717) is 0 Å². The van der Waals surface area contributed by atoms with Gasteiger partial charge < -0.3 is 5.73 Å². The first kappa shape index (κ1) is 10.5. The molecule has 0 bridgehead atoms. The fourth-order valence-corrected chi connectivity index (χ4v) is 1.33. The normalized spacial score (nSPS) is 10.4. The molecule has 82 valence electrons. The number of anilines is 1. The number of rotatable bonds is 1. The zero-order valence-electron chi connectivity index (χ0n) is 8.54. The molecule has 0 atom stereocenters. The number of nitrogen functional groups attached to an aromatic ring is 1. The molecule has 0 amide bonds. The van der Waals surface area contributed by atoms with Crippen molar-refractivity contribution >= 4 is 5.82 Å². The highest BCUT2D eigenvalue weighted by Crippen LogP contribution is 2.24. The number of hydrogen-bond acceptors (Lipinski definition) is 3. The summed E-state index contributed by atoms with van der Waals surface area (Å²) >= 11 is 0. The molecule has 1 aromatic heterocycles. The number of aromatic nitrogens is 2. The number of nitrogens with two attached hydrogens (primary N) is 1. The summed E-state index contributed by atoms with van der Waals surface area (Å²) < 4.78 is 26.9. The van der Waals surface area contributed by atoms with E-state index in [-0.39, 0.29) is 22.6 Å². The van der Waals surface area contributed by atoms with Crippen molar-refractivity contribution in [1.29, 1.82) is 0 Å². The largest absolute Gasteiger partial charge is 0.382 e.